The molecule has 0 saturated heterocycles. The Balaban J connectivity index is 3.47. The van der Waals surface area contributed by atoms with Crippen LogP contribution in [-0.2, 0) is 14.3 Å². The van der Waals surface area contributed by atoms with Gasteiger partial charge in [0, 0.05) is 12.8 Å². The van der Waals surface area contributed by atoms with Crippen LogP contribution in [0.3, 0.4) is 0 Å². The molecule has 6 heteroatoms. The van der Waals surface area contributed by atoms with Gasteiger partial charge in [0.05, 0.1) is 25.4 Å². The lowest BCUT2D eigenvalue weighted by Gasteiger charge is -2.20. The molecule has 0 rings (SSSR count). The quantitative estimate of drug-likeness (QED) is 0.0321. The highest BCUT2D eigenvalue weighted by Crippen LogP contribution is 2.16. The molecule has 0 aliphatic rings. The highest BCUT2D eigenvalue weighted by molar-refractivity contribution is 5.76. The van der Waals surface area contributed by atoms with Crippen LogP contribution in [0.2, 0.25) is 0 Å². The number of rotatable bonds is 52. The maximum Gasteiger partial charge on any atom is 0.305 e. The number of unbranched alkanes of at least 4 members (excludes halogenated alkanes) is 39. The van der Waals surface area contributed by atoms with Crippen LogP contribution < -0.4 is 5.32 Å². The van der Waals surface area contributed by atoms with E-state index < -0.39 is 12.1 Å². The molecule has 0 radical (unpaired) electrons. The van der Waals surface area contributed by atoms with Gasteiger partial charge in [-0.05, 0) is 57.8 Å². The summed E-state index contributed by atoms with van der Waals surface area (Å²) in [5.41, 5.74) is 0. The fourth-order valence-corrected chi connectivity index (χ4v) is 8.63. The summed E-state index contributed by atoms with van der Waals surface area (Å²) in [6, 6.07) is -0.639. The van der Waals surface area contributed by atoms with Crippen LogP contribution in [0.1, 0.15) is 303 Å². The van der Waals surface area contributed by atoms with Crippen molar-refractivity contribution in [2.24, 2.45) is 0 Å². The van der Waals surface area contributed by atoms with Gasteiger partial charge in [-0.15, -0.1) is 0 Å². The number of esters is 1. The molecule has 372 valence electrons. The van der Waals surface area contributed by atoms with Crippen molar-refractivity contribution in [2.75, 3.05) is 13.2 Å². The predicted molar refractivity (Wildman–Crippen MR) is 273 cm³/mol. The van der Waals surface area contributed by atoms with Gasteiger partial charge in [-0.25, -0.2) is 0 Å². The van der Waals surface area contributed by atoms with Gasteiger partial charge < -0.3 is 20.3 Å². The number of amides is 1. The zero-order valence-corrected chi connectivity index (χ0v) is 42.3. The summed E-state index contributed by atoms with van der Waals surface area (Å²) in [5.74, 6) is -0.0958. The first-order valence-corrected chi connectivity index (χ1v) is 28.1. The molecule has 63 heavy (non-hydrogen) atoms. The van der Waals surface area contributed by atoms with Crippen molar-refractivity contribution >= 4 is 11.9 Å². The van der Waals surface area contributed by atoms with E-state index in [0.29, 0.717) is 19.4 Å². The van der Waals surface area contributed by atoms with E-state index in [2.05, 4.69) is 31.3 Å². The Morgan fingerprint density at radius 2 is 0.746 bits per heavy atom. The molecular formula is C57H109NO5. The van der Waals surface area contributed by atoms with Crippen molar-refractivity contribution < 1.29 is 24.5 Å². The van der Waals surface area contributed by atoms with Crippen LogP contribution in [0.25, 0.3) is 0 Å². The normalized spacial score (nSPS) is 12.8. The molecular weight excluding hydrogens is 779 g/mol. The number of allylic oxidation sites excluding steroid dienone is 3. The zero-order valence-electron chi connectivity index (χ0n) is 42.3. The minimum absolute atomic E-state index is 0.0135. The van der Waals surface area contributed by atoms with Crippen molar-refractivity contribution in [3.63, 3.8) is 0 Å². The molecule has 0 bridgehead atoms. The summed E-state index contributed by atoms with van der Waals surface area (Å²) in [4.78, 5) is 24.5. The van der Waals surface area contributed by atoms with E-state index in [1.807, 2.05) is 6.08 Å². The topological polar surface area (TPSA) is 95.9 Å². The molecule has 0 aromatic rings. The summed E-state index contributed by atoms with van der Waals surface area (Å²) in [6.07, 6.45) is 63.3. The van der Waals surface area contributed by atoms with Gasteiger partial charge in [0.2, 0.25) is 5.91 Å². The van der Waals surface area contributed by atoms with Crippen LogP contribution in [0.5, 0.6) is 0 Å². The molecule has 0 aromatic carbocycles. The Morgan fingerprint density at radius 3 is 1.13 bits per heavy atom. The molecule has 0 spiro atoms. The highest BCUT2D eigenvalue weighted by Gasteiger charge is 2.18. The molecule has 0 aromatic heterocycles. The third-order valence-corrected chi connectivity index (χ3v) is 13.0. The predicted octanol–water partition coefficient (Wildman–Crippen LogP) is 17.1. The smallest absolute Gasteiger partial charge is 0.305 e. The van der Waals surface area contributed by atoms with Gasteiger partial charge in [0.25, 0.3) is 0 Å². The van der Waals surface area contributed by atoms with Crippen LogP contribution in [0.4, 0.5) is 0 Å². The Labute approximate surface area is 392 Å². The van der Waals surface area contributed by atoms with Gasteiger partial charge in [-0.3, -0.25) is 9.59 Å². The van der Waals surface area contributed by atoms with Crippen LogP contribution in [0.15, 0.2) is 24.3 Å². The molecule has 3 N–H and O–H groups in total. The first-order valence-electron chi connectivity index (χ1n) is 28.1. The maximum atomic E-state index is 12.4. The first kappa shape index (κ1) is 61.3. The Kier molecular flexibility index (Phi) is 51.6. The summed E-state index contributed by atoms with van der Waals surface area (Å²) >= 11 is 0. The minimum Gasteiger partial charge on any atom is -0.466 e. The number of aliphatic hydroxyl groups is 2. The van der Waals surface area contributed by atoms with Gasteiger partial charge in [0.15, 0.2) is 0 Å². The Morgan fingerprint density at radius 1 is 0.429 bits per heavy atom. The molecule has 0 fully saturated rings. The van der Waals surface area contributed by atoms with Gasteiger partial charge >= 0.3 is 5.97 Å². The van der Waals surface area contributed by atoms with Crippen LogP contribution in [0, 0.1) is 0 Å². The molecule has 1 amide bonds. The van der Waals surface area contributed by atoms with Crippen molar-refractivity contribution in [1.82, 2.24) is 5.32 Å². The van der Waals surface area contributed by atoms with Crippen molar-refractivity contribution in [2.45, 2.75) is 315 Å². The third-order valence-electron chi connectivity index (χ3n) is 13.0. The summed E-state index contributed by atoms with van der Waals surface area (Å²) in [7, 11) is 0. The molecule has 2 atom stereocenters. The average molecular weight is 889 g/mol. The van der Waals surface area contributed by atoms with Crippen molar-refractivity contribution in [1.29, 1.82) is 0 Å². The first-order chi connectivity index (χ1) is 31.0. The number of nitrogens with one attached hydrogen (secondary N) is 1. The second-order valence-electron chi connectivity index (χ2n) is 19.3. The maximum absolute atomic E-state index is 12.4. The van der Waals surface area contributed by atoms with Gasteiger partial charge in [-0.2, -0.15) is 0 Å². The van der Waals surface area contributed by atoms with E-state index in [-0.39, 0.29) is 18.5 Å². The van der Waals surface area contributed by atoms with Crippen molar-refractivity contribution in [3.8, 4) is 0 Å². The summed E-state index contributed by atoms with van der Waals surface area (Å²) in [6.45, 7) is 4.88. The van der Waals surface area contributed by atoms with E-state index in [1.54, 1.807) is 6.08 Å². The lowest BCUT2D eigenvalue weighted by Crippen LogP contribution is -2.45. The van der Waals surface area contributed by atoms with Crippen LogP contribution >= 0.6 is 0 Å². The van der Waals surface area contributed by atoms with E-state index in [0.717, 1.165) is 57.8 Å². The SMILES string of the molecule is CCCCCCCCC/C=C\CCCCCCCCCC(=O)OCCCCCCCCCCCCCCC(=O)NC(CO)C(O)/C=C/CCCCCCCCCCCCCCCC. The van der Waals surface area contributed by atoms with Gasteiger partial charge in [-0.1, -0.05) is 256 Å². The lowest BCUT2D eigenvalue weighted by atomic mass is 10.0. The number of carbonyl (C=O) groups is 2. The number of hydrogen-bond donors (Lipinski definition) is 3. The third kappa shape index (κ3) is 49.6. The summed E-state index contributed by atoms with van der Waals surface area (Å²) in [5, 5.41) is 23.1. The van der Waals surface area contributed by atoms with Gasteiger partial charge in [0.1, 0.15) is 0 Å². The zero-order chi connectivity index (χ0) is 45.8. The average Bonchev–Trinajstić information content (AvgIpc) is 3.28. The lowest BCUT2D eigenvalue weighted by molar-refractivity contribution is -0.143. The largest absolute Gasteiger partial charge is 0.466 e. The fraction of sp³-hybridized carbons (Fsp3) is 0.895. The second-order valence-corrected chi connectivity index (χ2v) is 19.3. The standard InChI is InChI=1S/C57H109NO5/c1-3-5-7-9-11-13-15-17-19-21-22-24-26-31-35-39-43-47-51-57(62)63-52-48-44-40-36-32-28-27-30-34-38-42-46-50-56(61)58-54(53-59)55(60)49-45-41-37-33-29-25-23-20-18-16-14-12-10-8-6-4-2/h19,21,45,49,54-55,59-60H,3-18,20,22-44,46-48,50-53H2,1-2H3,(H,58,61)/b21-19-,49-45+. The summed E-state index contributed by atoms with van der Waals surface area (Å²) < 4.78 is 5.47. The molecule has 0 aliphatic carbocycles. The fourth-order valence-electron chi connectivity index (χ4n) is 8.63. The van der Waals surface area contributed by atoms with E-state index in [9.17, 15) is 19.8 Å². The molecule has 0 aliphatic heterocycles. The van der Waals surface area contributed by atoms with E-state index >= 15 is 0 Å². The minimum atomic E-state index is -0.854. The number of ether oxygens (including phenoxy) is 1. The second kappa shape index (κ2) is 53.0. The monoisotopic (exact) mass is 888 g/mol. The number of hydrogen-bond acceptors (Lipinski definition) is 5. The van der Waals surface area contributed by atoms with E-state index in [1.165, 1.54) is 218 Å². The number of carbonyl (C=O) groups excluding carboxylic acids is 2. The van der Waals surface area contributed by atoms with Crippen LogP contribution in [-0.4, -0.2) is 47.4 Å². The Hall–Kier alpha value is -1.66. The van der Waals surface area contributed by atoms with Crippen molar-refractivity contribution in [3.05, 3.63) is 24.3 Å². The molecule has 0 saturated carbocycles. The molecule has 2 unspecified atom stereocenters. The Bertz CT molecular complexity index is 982. The molecule has 0 heterocycles. The number of aliphatic hydroxyl groups excluding tert-OH is 2. The highest BCUT2D eigenvalue weighted by atomic mass is 16.5. The van der Waals surface area contributed by atoms with E-state index in [4.69, 9.17) is 4.74 Å². The molecule has 6 nitrogen and oxygen atoms in total.